The average Bonchev–Trinajstić information content (AvgIpc) is 2.32. The van der Waals surface area contributed by atoms with Gasteiger partial charge in [0.2, 0.25) is 0 Å². The number of rotatable bonds is 3. The van der Waals surface area contributed by atoms with E-state index in [1.165, 1.54) is 12.3 Å². The molecule has 98 valence electrons. The number of aromatic carboxylic acids is 1. The highest BCUT2D eigenvalue weighted by atomic mass is 32.2. The Kier molecular flexibility index (Phi) is 3.80. The molecule has 0 bridgehead atoms. The van der Waals surface area contributed by atoms with E-state index in [1.807, 2.05) is 0 Å². The minimum Gasteiger partial charge on any atom is -0.478 e. The van der Waals surface area contributed by atoms with Crippen molar-refractivity contribution in [1.29, 1.82) is 0 Å². The summed E-state index contributed by atoms with van der Waals surface area (Å²) in [4.78, 5) is 15.5. The molecule has 1 aromatic carbocycles. The van der Waals surface area contributed by atoms with Crippen LogP contribution in [0, 0.1) is 18.6 Å². The molecule has 0 fully saturated rings. The zero-order chi connectivity index (χ0) is 14.0. The van der Waals surface area contributed by atoms with Crippen LogP contribution in [-0.4, -0.2) is 16.1 Å². The summed E-state index contributed by atoms with van der Waals surface area (Å²) in [6, 6.07) is 4.71. The zero-order valence-corrected chi connectivity index (χ0v) is 10.7. The summed E-state index contributed by atoms with van der Waals surface area (Å²) >= 11 is 0.930. The lowest BCUT2D eigenvalue weighted by Gasteiger charge is -2.07. The Balaban J connectivity index is 2.42. The molecule has 2 rings (SSSR count). The second kappa shape index (κ2) is 5.36. The molecule has 1 aromatic heterocycles. The minimum absolute atomic E-state index is 0.0145. The highest BCUT2D eigenvalue weighted by Crippen LogP contribution is 2.32. The molecule has 0 unspecified atom stereocenters. The van der Waals surface area contributed by atoms with Crippen molar-refractivity contribution < 1.29 is 18.7 Å². The summed E-state index contributed by atoms with van der Waals surface area (Å²) in [5.74, 6) is -2.54. The standard InChI is InChI=1S/C13H9F2NO2S/c1-7-4-12(9(6-16-7)13(17)18)19-11-3-2-8(14)5-10(11)15/h2-6H,1H3,(H,17,18). The number of hydrogen-bond donors (Lipinski definition) is 1. The molecule has 2 aromatic rings. The number of nitrogens with zero attached hydrogens (tertiary/aromatic N) is 1. The molecule has 0 aliphatic carbocycles. The van der Waals surface area contributed by atoms with Crippen LogP contribution in [0.3, 0.4) is 0 Å². The first-order valence-electron chi connectivity index (χ1n) is 5.30. The Labute approximate surface area is 112 Å². The number of aryl methyl sites for hydroxylation is 1. The number of hydrogen-bond acceptors (Lipinski definition) is 3. The smallest absolute Gasteiger partial charge is 0.338 e. The predicted molar refractivity (Wildman–Crippen MR) is 66.4 cm³/mol. The van der Waals surface area contributed by atoms with Crippen LogP contribution < -0.4 is 0 Å². The summed E-state index contributed by atoms with van der Waals surface area (Å²) in [6.07, 6.45) is 1.22. The highest BCUT2D eigenvalue weighted by Gasteiger charge is 2.14. The summed E-state index contributed by atoms with van der Waals surface area (Å²) in [7, 11) is 0. The van der Waals surface area contributed by atoms with Crippen LogP contribution in [0.1, 0.15) is 16.1 Å². The highest BCUT2D eigenvalue weighted by molar-refractivity contribution is 7.99. The molecule has 0 amide bonds. The molecule has 1 heterocycles. The molecule has 1 N–H and O–H groups in total. The lowest BCUT2D eigenvalue weighted by atomic mass is 10.2. The number of carboxylic acid groups (broad SMARTS) is 1. The van der Waals surface area contributed by atoms with Gasteiger partial charge in [-0.25, -0.2) is 13.6 Å². The van der Waals surface area contributed by atoms with Crippen molar-refractivity contribution >= 4 is 17.7 Å². The second-order valence-corrected chi connectivity index (χ2v) is 4.89. The quantitative estimate of drug-likeness (QED) is 0.935. The lowest BCUT2D eigenvalue weighted by molar-refractivity contribution is 0.0692. The summed E-state index contributed by atoms with van der Waals surface area (Å²) in [5.41, 5.74) is 0.606. The molecule has 0 atom stereocenters. The molecule has 0 radical (unpaired) electrons. The van der Waals surface area contributed by atoms with Gasteiger partial charge in [-0.05, 0) is 25.1 Å². The Hall–Kier alpha value is -1.95. The first kappa shape index (κ1) is 13.5. The average molecular weight is 281 g/mol. The van der Waals surface area contributed by atoms with E-state index >= 15 is 0 Å². The number of benzene rings is 1. The maximum absolute atomic E-state index is 13.5. The first-order chi connectivity index (χ1) is 8.97. The molecule has 0 aliphatic rings. The fourth-order valence-corrected chi connectivity index (χ4v) is 2.47. The third kappa shape index (κ3) is 3.08. The minimum atomic E-state index is -1.14. The van der Waals surface area contributed by atoms with Gasteiger partial charge in [0.1, 0.15) is 11.6 Å². The maximum atomic E-state index is 13.5. The van der Waals surface area contributed by atoms with Crippen molar-refractivity contribution in [2.75, 3.05) is 0 Å². The monoisotopic (exact) mass is 281 g/mol. The van der Waals surface area contributed by atoms with Crippen molar-refractivity contribution in [1.82, 2.24) is 4.98 Å². The van der Waals surface area contributed by atoms with Gasteiger partial charge < -0.3 is 5.11 Å². The van der Waals surface area contributed by atoms with Crippen LogP contribution in [0.5, 0.6) is 0 Å². The van der Waals surface area contributed by atoms with E-state index in [9.17, 15) is 13.6 Å². The van der Waals surface area contributed by atoms with Crippen LogP contribution in [0.2, 0.25) is 0 Å². The van der Waals surface area contributed by atoms with E-state index in [1.54, 1.807) is 13.0 Å². The van der Waals surface area contributed by atoms with Crippen LogP contribution in [0.15, 0.2) is 40.3 Å². The number of carboxylic acids is 1. The largest absolute Gasteiger partial charge is 0.478 e. The van der Waals surface area contributed by atoms with E-state index in [4.69, 9.17) is 5.11 Å². The molecule has 19 heavy (non-hydrogen) atoms. The van der Waals surface area contributed by atoms with Crippen molar-refractivity contribution in [3.8, 4) is 0 Å². The molecule has 0 spiro atoms. The Bertz CT molecular complexity index is 647. The molecule has 0 saturated carbocycles. The normalized spacial score (nSPS) is 10.5. The molecular formula is C13H9F2NO2S. The van der Waals surface area contributed by atoms with Gasteiger partial charge in [0.25, 0.3) is 0 Å². The predicted octanol–water partition coefficient (Wildman–Crippen LogP) is 3.52. The number of aromatic nitrogens is 1. The van der Waals surface area contributed by atoms with Crippen molar-refractivity contribution in [2.24, 2.45) is 0 Å². The van der Waals surface area contributed by atoms with E-state index in [-0.39, 0.29) is 10.5 Å². The summed E-state index contributed by atoms with van der Waals surface area (Å²) < 4.78 is 26.4. The van der Waals surface area contributed by atoms with Gasteiger partial charge >= 0.3 is 5.97 Å². The van der Waals surface area contributed by atoms with Crippen LogP contribution >= 0.6 is 11.8 Å². The van der Waals surface area contributed by atoms with Crippen LogP contribution in [-0.2, 0) is 0 Å². The van der Waals surface area contributed by atoms with Gasteiger partial charge in [0.05, 0.1) is 5.56 Å². The fourth-order valence-electron chi connectivity index (χ4n) is 1.46. The van der Waals surface area contributed by atoms with E-state index in [0.29, 0.717) is 10.6 Å². The third-order valence-corrected chi connectivity index (χ3v) is 3.46. The fraction of sp³-hybridized carbons (Fsp3) is 0.0769. The SMILES string of the molecule is Cc1cc(Sc2ccc(F)cc2F)c(C(=O)O)cn1. The molecule has 6 heteroatoms. The van der Waals surface area contributed by atoms with Crippen LogP contribution in [0.25, 0.3) is 0 Å². The van der Waals surface area contributed by atoms with Gasteiger partial charge in [-0.1, -0.05) is 11.8 Å². The van der Waals surface area contributed by atoms with Crippen LogP contribution in [0.4, 0.5) is 8.78 Å². The second-order valence-electron chi connectivity index (χ2n) is 3.80. The first-order valence-corrected chi connectivity index (χ1v) is 6.12. The topological polar surface area (TPSA) is 50.2 Å². The third-order valence-electron chi connectivity index (χ3n) is 2.35. The zero-order valence-electron chi connectivity index (χ0n) is 9.85. The van der Waals surface area contributed by atoms with Gasteiger partial charge in [-0.15, -0.1) is 0 Å². The number of halogens is 2. The lowest BCUT2D eigenvalue weighted by Crippen LogP contribution is -2.01. The van der Waals surface area contributed by atoms with E-state index in [2.05, 4.69) is 4.98 Å². The van der Waals surface area contributed by atoms with Gasteiger partial charge in [0, 0.05) is 27.7 Å². The molecule has 3 nitrogen and oxygen atoms in total. The van der Waals surface area contributed by atoms with E-state index < -0.39 is 17.6 Å². The molecule has 0 aliphatic heterocycles. The maximum Gasteiger partial charge on any atom is 0.338 e. The molecular weight excluding hydrogens is 272 g/mol. The van der Waals surface area contributed by atoms with Gasteiger partial charge in [-0.3, -0.25) is 4.98 Å². The Morgan fingerprint density at radius 2 is 2.00 bits per heavy atom. The van der Waals surface area contributed by atoms with E-state index in [0.717, 1.165) is 23.9 Å². The van der Waals surface area contributed by atoms with Crippen molar-refractivity contribution in [3.05, 3.63) is 53.4 Å². The van der Waals surface area contributed by atoms with Crippen molar-refractivity contribution in [2.45, 2.75) is 16.7 Å². The summed E-state index contributed by atoms with van der Waals surface area (Å²) in [6.45, 7) is 1.71. The summed E-state index contributed by atoms with van der Waals surface area (Å²) in [5, 5.41) is 9.04. The Morgan fingerprint density at radius 3 is 2.63 bits per heavy atom. The number of carbonyl (C=O) groups is 1. The molecule has 0 saturated heterocycles. The van der Waals surface area contributed by atoms with Gasteiger partial charge in [0.15, 0.2) is 0 Å². The Morgan fingerprint density at radius 1 is 1.26 bits per heavy atom. The van der Waals surface area contributed by atoms with Gasteiger partial charge in [-0.2, -0.15) is 0 Å². The number of pyridine rings is 1. The van der Waals surface area contributed by atoms with Crippen molar-refractivity contribution in [3.63, 3.8) is 0 Å².